The van der Waals surface area contributed by atoms with E-state index in [0.717, 1.165) is 12.1 Å². The van der Waals surface area contributed by atoms with E-state index >= 15 is 0 Å². The van der Waals surface area contributed by atoms with Crippen LogP contribution in [0.4, 0.5) is 19.1 Å². The number of hydrogen-bond donors (Lipinski definition) is 3. The number of aliphatic hydroxyl groups is 1. The molecule has 3 N–H and O–H groups in total. The highest BCUT2D eigenvalue weighted by atomic mass is 19.4. The fourth-order valence-corrected chi connectivity index (χ4v) is 2.51. The van der Waals surface area contributed by atoms with E-state index in [4.69, 9.17) is 0 Å². The number of halogens is 3. The van der Waals surface area contributed by atoms with Gasteiger partial charge in [0.05, 0.1) is 17.4 Å². The molecular weight excluding hydrogens is 325 g/mol. The van der Waals surface area contributed by atoms with Gasteiger partial charge < -0.3 is 15.5 Å². The molecule has 9 heteroatoms. The summed E-state index contributed by atoms with van der Waals surface area (Å²) >= 11 is 0. The van der Waals surface area contributed by atoms with Crippen molar-refractivity contribution in [1.82, 2.24) is 15.2 Å². The van der Waals surface area contributed by atoms with E-state index in [2.05, 4.69) is 20.5 Å². The number of alkyl halides is 3. The molecule has 0 saturated heterocycles. The van der Waals surface area contributed by atoms with Crippen LogP contribution in [-0.4, -0.2) is 37.5 Å². The SMILES string of the molecule is Cc1nc(NC2CC(O)C2)nnc1-c1ccc(C(F)(F)F)cc1O. The molecule has 1 heterocycles. The standard InChI is InChI=1S/C15H15F3N4O2/c1-7-13(11-3-2-8(4-12(11)24)15(16,17)18)21-22-14(19-7)20-9-5-10(23)6-9/h2-4,9-10,23-24H,5-6H2,1H3,(H,19,20,22). The Morgan fingerprint density at radius 2 is 1.92 bits per heavy atom. The molecule has 1 aromatic carbocycles. The van der Waals surface area contributed by atoms with E-state index in [9.17, 15) is 23.4 Å². The number of rotatable bonds is 3. The summed E-state index contributed by atoms with van der Waals surface area (Å²) in [6.45, 7) is 1.63. The van der Waals surface area contributed by atoms with E-state index in [1.807, 2.05) is 0 Å². The molecule has 1 fully saturated rings. The van der Waals surface area contributed by atoms with Crippen LogP contribution in [0.5, 0.6) is 5.75 Å². The minimum atomic E-state index is -4.53. The fourth-order valence-electron chi connectivity index (χ4n) is 2.51. The molecule has 0 spiro atoms. The highest BCUT2D eigenvalue weighted by molar-refractivity contribution is 5.69. The first-order valence-corrected chi connectivity index (χ1v) is 7.30. The molecule has 24 heavy (non-hydrogen) atoms. The lowest BCUT2D eigenvalue weighted by Gasteiger charge is -2.31. The number of aliphatic hydroxyl groups excluding tert-OH is 1. The zero-order chi connectivity index (χ0) is 17.5. The second kappa shape index (κ2) is 5.90. The Bertz CT molecular complexity index is 761. The molecule has 6 nitrogen and oxygen atoms in total. The van der Waals surface area contributed by atoms with Gasteiger partial charge in [-0.3, -0.25) is 0 Å². The fraction of sp³-hybridized carbons (Fsp3) is 0.400. The lowest BCUT2D eigenvalue weighted by atomic mass is 9.90. The summed E-state index contributed by atoms with van der Waals surface area (Å²) < 4.78 is 37.9. The minimum Gasteiger partial charge on any atom is -0.507 e. The number of phenolic OH excluding ortho intramolecular Hbond substituents is 1. The molecule has 2 aromatic rings. The summed E-state index contributed by atoms with van der Waals surface area (Å²) in [5.41, 5.74) is -0.182. The van der Waals surface area contributed by atoms with Crippen LogP contribution in [0.2, 0.25) is 0 Å². The second-order valence-electron chi connectivity index (χ2n) is 5.77. The third-order valence-corrected chi connectivity index (χ3v) is 3.89. The van der Waals surface area contributed by atoms with E-state index in [1.165, 1.54) is 0 Å². The monoisotopic (exact) mass is 340 g/mol. The predicted molar refractivity (Wildman–Crippen MR) is 79.3 cm³/mol. The van der Waals surface area contributed by atoms with Crippen LogP contribution in [-0.2, 0) is 6.18 Å². The molecule has 1 aliphatic rings. The maximum Gasteiger partial charge on any atom is 0.416 e. The minimum absolute atomic E-state index is 0.0755. The normalized spacial score (nSPS) is 20.5. The van der Waals surface area contributed by atoms with Crippen LogP contribution in [0.25, 0.3) is 11.3 Å². The summed E-state index contributed by atoms with van der Waals surface area (Å²) in [5, 5.41) is 30.0. The van der Waals surface area contributed by atoms with Crippen molar-refractivity contribution in [3.8, 4) is 17.0 Å². The molecule has 0 radical (unpaired) electrons. The van der Waals surface area contributed by atoms with Gasteiger partial charge in [0.1, 0.15) is 11.4 Å². The molecular formula is C15H15F3N4O2. The van der Waals surface area contributed by atoms with Crippen LogP contribution in [0.3, 0.4) is 0 Å². The number of benzene rings is 1. The maximum atomic E-state index is 12.6. The summed E-state index contributed by atoms with van der Waals surface area (Å²) in [6, 6.07) is 2.74. The van der Waals surface area contributed by atoms with Gasteiger partial charge >= 0.3 is 6.18 Å². The zero-order valence-corrected chi connectivity index (χ0v) is 12.7. The molecule has 0 bridgehead atoms. The average molecular weight is 340 g/mol. The molecule has 1 aliphatic carbocycles. The number of nitrogens with one attached hydrogen (secondary N) is 1. The van der Waals surface area contributed by atoms with Gasteiger partial charge in [0.15, 0.2) is 0 Å². The first kappa shape index (κ1) is 16.4. The number of aromatic nitrogens is 3. The maximum absolute atomic E-state index is 12.6. The molecule has 0 aliphatic heterocycles. The first-order chi connectivity index (χ1) is 11.2. The third kappa shape index (κ3) is 3.25. The van der Waals surface area contributed by atoms with Gasteiger partial charge in [-0.1, -0.05) is 0 Å². The zero-order valence-electron chi connectivity index (χ0n) is 12.7. The Labute approximate surface area is 135 Å². The van der Waals surface area contributed by atoms with Crippen molar-refractivity contribution in [2.24, 2.45) is 0 Å². The molecule has 1 saturated carbocycles. The number of phenols is 1. The molecule has 0 atom stereocenters. The van der Waals surface area contributed by atoms with Gasteiger partial charge in [-0.05, 0) is 38.0 Å². The van der Waals surface area contributed by atoms with Crippen LogP contribution in [0.1, 0.15) is 24.1 Å². The Balaban J connectivity index is 1.84. The molecule has 128 valence electrons. The Morgan fingerprint density at radius 3 is 2.46 bits per heavy atom. The van der Waals surface area contributed by atoms with E-state index in [1.54, 1.807) is 6.92 Å². The number of aromatic hydroxyl groups is 1. The number of hydrogen-bond acceptors (Lipinski definition) is 6. The highest BCUT2D eigenvalue weighted by Gasteiger charge is 2.31. The van der Waals surface area contributed by atoms with Gasteiger partial charge in [-0.2, -0.15) is 13.2 Å². The Hall–Kier alpha value is -2.42. The lowest BCUT2D eigenvalue weighted by Crippen LogP contribution is -2.39. The molecule has 1 aromatic heterocycles. The Morgan fingerprint density at radius 1 is 1.21 bits per heavy atom. The summed E-state index contributed by atoms with van der Waals surface area (Å²) in [5.74, 6) is -0.258. The largest absolute Gasteiger partial charge is 0.507 e. The van der Waals surface area contributed by atoms with Crippen LogP contribution < -0.4 is 5.32 Å². The number of anilines is 1. The second-order valence-corrected chi connectivity index (χ2v) is 5.77. The van der Waals surface area contributed by atoms with Crippen LogP contribution in [0, 0.1) is 6.92 Å². The van der Waals surface area contributed by atoms with Crippen molar-refractivity contribution in [3.05, 3.63) is 29.5 Å². The summed E-state index contributed by atoms with van der Waals surface area (Å²) in [6.07, 6.45) is -3.65. The third-order valence-electron chi connectivity index (χ3n) is 3.89. The van der Waals surface area contributed by atoms with Crippen molar-refractivity contribution in [2.45, 2.75) is 38.1 Å². The van der Waals surface area contributed by atoms with Gasteiger partial charge in [-0.15, -0.1) is 10.2 Å². The average Bonchev–Trinajstić information content (AvgIpc) is 2.45. The smallest absolute Gasteiger partial charge is 0.416 e. The quantitative estimate of drug-likeness (QED) is 0.795. The van der Waals surface area contributed by atoms with Crippen LogP contribution >= 0.6 is 0 Å². The number of aryl methyl sites for hydroxylation is 1. The highest BCUT2D eigenvalue weighted by Crippen LogP contribution is 2.36. The van der Waals surface area contributed by atoms with Gasteiger partial charge in [0, 0.05) is 11.6 Å². The van der Waals surface area contributed by atoms with Crippen molar-refractivity contribution >= 4 is 5.95 Å². The van der Waals surface area contributed by atoms with Gasteiger partial charge in [0.25, 0.3) is 0 Å². The molecule has 3 rings (SSSR count). The van der Waals surface area contributed by atoms with Crippen molar-refractivity contribution in [1.29, 1.82) is 0 Å². The molecule has 0 amide bonds. The first-order valence-electron chi connectivity index (χ1n) is 7.30. The molecule has 0 unspecified atom stereocenters. The number of nitrogens with zero attached hydrogens (tertiary/aromatic N) is 3. The van der Waals surface area contributed by atoms with E-state index in [-0.39, 0.29) is 29.4 Å². The van der Waals surface area contributed by atoms with Crippen molar-refractivity contribution < 1.29 is 23.4 Å². The topological polar surface area (TPSA) is 91.2 Å². The summed E-state index contributed by atoms with van der Waals surface area (Å²) in [4.78, 5) is 4.21. The summed E-state index contributed by atoms with van der Waals surface area (Å²) in [7, 11) is 0. The van der Waals surface area contributed by atoms with Gasteiger partial charge in [-0.25, -0.2) is 4.98 Å². The lowest BCUT2D eigenvalue weighted by molar-refractivity contribution is -0.137. The predicted octanol–water partition coefficient (Wildman–Crippen LogP) is 2.51. The van der Waals surface area contributed by atoms with Crippen molar-refractivity contribution in [2.75, 3.05) is 5.32 Å². The van der Waals surface area contributed by atoms with Gasteiger partial charge in [0.2, 0.25) is 5.95 Å². The van der Waals surface area contributed by atoms with E-state index in [0.29, 0.717) is 24.6 Å². The Kier molecular flexibility index (Phi) is 4.04. The van der Waals surface area contributed by atoms with Crippen molar-refractivity contribution in [3.63, 3.8) is 0 Å². The van der Waals surface area contributed by atoms with Crippen LogP contribution in [0.15, 0.2) is 18.2 Å². The van der Waals surface area contributed by atoms with E-state index < -0.39 is 17.5 Å².